The molecule has 3 rings (SSSR count). The largest absolute Gasteiger partial charge is 0.494 e. The van der Waals surface area contributed by atoms with Gasteiger partial charge in [0.25, 0.3) is 5.91 Å². The van der Waals surface area contributed by atoms with E-state index in [2.05, 4.69) is 10.3 Å². The van der Waals surface area contributed by atoms with Crippen LogP contribution in [-0.2, 0) is 10.3 Å². The Bertz CT molecular complexity index is 906. The average Bonchev–Trinajstić information content (AvgIpc) is 2.67. The highest BCUT2D eigenvalue weighted by Gasteiger charge is 2.29. The molecule has 1 amide bonds. The maximum atomic E-state index is 13.7. The van der Waals surface area contributed by atoms with Crippen molar-refractivity contribution in [3.8, 4) is 11.5 Å². The first kappa shape index (κ1) is 20.0. The third-order valence-electron chi connectivity index (χ3n) is 4.46. The minimum Gasteiger partial charge on any atom is -0.494 e. The van der Waals surface area contributed by atoms with Gasteiger partial charge in [0.05, 0.1) is 12.6 Å². The van der Waals surface area contributed by atoms with Crippen molar-refractivity contribution in [1.29, 1.82) is 0 Å². The van der Waals surface area contributed by atoms with E-state index in [0.717, 1.165) is 17.7 Å². The van der Waals surface area contributed by atoms with E-state index in [0.29, 0.717) is 16.6 Å². The lowest BCUT2D eigenvalue weighted by Crippen LogP contribution is -2.28. The van der Waals surface area contributed by atoms with Crippen LogP contribution in [0.3, 0.4) is 0 Å². The topological polar surface area (TPSA) is 85.9 Å². The lowest BCUT2D eigenvalue weighted by Gasteiger charge is -2.30. The molecule has 1 aliphatic heterocycles. The molecule has 0 spiro atoms. The zero-order chi connectivity index (χ0) is 20.1. The average molecular weight is 403 g/mol. The molecule has 0 saturated heterocycles. The summed E-state index contributed by atoms with van der Waals surface area (Å²) in [6.45, 7) is 1.83. The number of ether oxygens (including phenoxy) is 2. The molecule has 1 atom stereocenters. The quantitative estimate of drug-likeness (QED) is 0.771. The summed E-state index contributed by atoms with van der Waals surface area (Å²) < 4.78 is 24.2. The Morgan fingerprint density at radius 2 is 2.18 bits per heavy atom. The summed E-state index contributed by atoms with van der Waals surface area (Å²) in [5.74, 6) is 0.633. The van der Waals surface area contributed by atoms with Gasteiger partial charge in [-0.3, -0.25) is 9.79 Å². The number of carbonyl (C=O) groups excluding carboxylic acids is 1. The van der Waals surface area contributed by atoms with Crippen molar-refractivity contribution >= 4 is 28.5 Å². The number of nitrogens with two attached hydrogens (primary N) is 1. The summed E-state index contributed by atoms with van der Waals surface area (Å²) >= 11 is 1.55. The predicted molar refractivity (Wildman–Crippen MR) is 110 cm³/mol. The third kappa shape index (κ3) is 4.75. The number of amides is 1. The molecule has 3 N–H and O–H groups in total. The van der Waals surface area contributed by atoms with Crippen molar-refractivity contribution in [2.75, 3.05) is 24.8 Å². The van der Waals surface area contributed by atoms with Crippen LogP contribution >= 0.6 is 11.8 Å². The van der Waals surface area contributed by atoms with Crippen LogP contribution in [0, 0.1) is 5.82 Å². The van der Waals surface area contributed by atoms with Crippen LogP contribution in [0.2, 0.25) is 0 Å². The fourth-order valence-corrected chi connectivity index (χ4v) is 3.88. The van der Waals surface area contributed by atoms with Crippen molar-refractivity contribution in [1.82, 2.24) is 0 Å². The van der Waals surface area contributed by atoms with Crippen LogP contribution in [0.4, 0.5) is 10.1 Å². The molecule has 2 aromatic rings. The number of hydrogen-bond acceptors (Lipinski definition) is 6. The van der Waals surface area contributed by atoms with Gasteiger partial charge in [-0.25, -0.2) is 4.39 Å². The number of rotatable bonds is 6. The normalized spacial score (nSPS) is 18.9. The van der Waals surface area contributed by atoms with Crippen molar-refractivity contribution in [2.24, 2.45) is 10.7 Å². The summed E-state index contributed by atoms with van der Waals surface area (Å²) in [6.07, 6.45) is 0.866. The number of methoxy groups -OCH3 is 1. The van der Waals surface area contributed by atoms with Crippen LogP contribution in [0.1, 0.15) is 18.9 Å². The molecular weight excluding hydrogens is 381 g/mol. The minimum atomic E-state index is -0.548. The van der Waals surface area contributed by atoms with E-state index in [1.165, 1.54) is 19.2 Å². The number of nitrogens with one attached hydrogen (secondary N) is 1. The molecule has 0 aromatic heterocycles. The predicted octanol–water partition coefficient (Wildman–Crippen LogP) is 3.52. The van der Waals surface area contributed by atoms with Gasteiger partial charge in [-0.15, -0.1) is 0 Å². The fourth-order valence-electron chi connectivity index (χ4n) is 2.91. The molecule has 0 bridgehead atoms. The first-order valence-corrected chi connectivity index (χ1v) is 9.73. The van der Waals surface area contributed by atoms with Crippen molar-refractivity contribution < 1.29 is 18.7 Å². The van der Waals surface area contributed by atoms with E-state index < -0.39 is 17.3 Å². The zero-order valence-corrected chi connectivity index (χ0v) is 16.5. The Morgan fingerprint density at radius 3 is 2.89 bits per heavy atom. The van der Waals surface area contributed by atoms with E-state index >= 15 is 0 Å². The van der Waals surface area contributed by atoms with Crippen LogP contribution in [-0.4, -0.2) is 30.5 Å². The van der Waals surface area contributed by atoms with Gasteiger partial charge in [-0.1, -0.05) is 23.9 Å². The van der Waals surface area contributed by atoms with Gasteiger partial charge in [0, 0.05) is 17.5 Å². The molecule has 0 fully saturated rings. The van der Waals surface area contributed by atoms with Gasteiger partial charge in [0.2, 0.25) is 0 Å². The monoisotopic (exact) mass is 403 g/mol. The maximum absolute atomic E-state index is 13.7. The Hall–Kier alpha value is -2.74. The molecule has 148 valence electrons. The van der Waals surface area contributed by atoms with Gasteiger partial charge in [0.1, 0.15) is 5.75 Å². The van der Waals surface area contributed by atoms with Crippen molar-refractivity contribution in [2.45, 2.75) is 18.9 Å². The van der Waals surface area contributed by atoms with Gasteiger partial charge in [-0.2, -0.15) is 0 Å². The third-order valence-corrected chi connectivity index (χ3v) is 5.25. The molecule has 0 radical (unpaired) electrons. The number of halogens is 1. The Labute approximate surface area is 167 Å². The van der Waals surface area contributed by atoms with Gasteiger partial charge >= 0.3 is 0 Å². The van der Waals surface area contributed by atoms with Crippen LogP contribution in [0.15, 0.2) is 47.5 Å². The zero-order valence-electron chi connectivity index (χ0n) is 15.7. The van der Waals surface area contributed by atoms with E-state index in [1.54, 1.807) is 23.9 Å². The second-order valence-corrected chi connectivity index (χ2v) is 7.65. The number of carbonyl (C=O) groups is 1. The van der Waals surface area contributed by atoms with E-state index in [-0.39, 0.29) is 12.4 Å². The number of aliphatic imine (C=N–C) groups is 1. The molecule has 28 heavy (non-hydrogen) atoms. The van der Waals surface area contributed by atoms with E-state index in [4.69, 9.17) is 15.2 Å². The van der Waals surface area contributed by atoms with Gasteiger partial charge < -0.3 is 20.5 Å². The summed E-state index contributed by atoms with van der Waals surface area (Å²) in [7, 11) is 1.38. The molecule has 6 nitrogen and oxygen atoms in total. The molecule has 0 aliphatic carbocycles. The molecular formula is C20H22FN3O3S. The smallest absolute Gasteiger partial charge is 0.262 e. The molecule has 1 unspecified atom stereocenters. The summed E-state index contributed by atoms with van der Waals surface area (Å²) in [5, 5.41) is 3.17. The molecule has 1 aliphatic rings. The van der Waals surface area contributed by atoms with E-state index in [9.17, 15) is 9.18 Å². The molecule has 0 saturated carbocycles. The molecule has 8 heteroatoms. The van der Waals surface area contributed by atoms with E-state index in [1.807, 2.05) is 25.1 Å². The number of amidine groups is 1. The first-order valence-electron chi connectivity index (χ1n) is 8.74. The maximum Gasteiger partial charge on any atom is 0.262 e. The number of anilines is 1. The molecule has 1 heterocycles. The van der Waals surface area contributed by atoms with Crippen LogP contribution in [0.25, 0.3) is 0 Å². The highest BCUT2D eigenvalue weighted by atomic mass is 32.2. The minimum absolute atomic E-state index is 0.115. The molecule has 2 aromatic carbocycles. The standard InChI is InChI=1S/C20H22FN3O3S/c1-20(8-9-28-19(22)24-20)13-4-3-5-15(10-13)27-12-18(25)23-14-6-7-17(26-2)16(21)11-14/h3-7,10-11H,8-9,12H2,1-2H3,(H2,22,24)(H,23,25). The van der Waals surface area contributed by atoms with Crippen LogP contribution < -0.4 is 20.5 Å². The number of thioether (sulfide) groups is 1. The lowest BCUT2D eigenvalue weighted by molar-refractivity contribution is -0.118. The second kappa shape index (κ2) is 8.52. The highest BCUT2D eigenvalue weighted by Crippen LogP contribution is 2.36. The highest BCUT2D eigenvalue weighted by molar-refractivity contribution is 8.13. The van der Waals surface area contributed by atoms with Crippen LogP contribution in [0.5, 0.6) is 11.5 Å². The number of benzene rings is 2. The summed E-state index contributed by atoms with van der Waals surface area (Å²) in [4.78, 5) is 16.7. The first-order chi connectivity index (χ1) is 13.4. The second-order valence-electron chi connectivity index (χ2n) is 6.54. The SMILES string of the molecule is COc1ccc(NC(=O)COc2cccc(C3(C)CCSC(N)=N3)c2)cc1F. The fraction of sp³-hybridized carbons (Fsp3) is 0.300. The van der Waals surface area contributed by atoms with Gasteiger partial charge in [0.15, 0.2) is 23.3 Å². The number of nitrogens with zero attached hydrogens (tertiary/aromatic N) is 1. The Morgan fingerprint density at radius 1 is 1.36 bits per heavy atom. The van der Waals surface area contributed by atoms with Gasteiger partial charge in [-0.05, 0) is 43.2 Å². The number of hydrogen-bond donors (Lipinski definition) is 2. The Balaban J connectivity index is 1.62. The lowest BCUT2D eigenvalue weighted by atomic mass is 9.90. The van der Waals surface area contributed by atoms with Crippen molar-refractivity contribution in [3.63, 3.8) is 0 Å². The Kier molecular flexibility index (Phi) is 6.08. The summed E-state index contributed by atoms with van der Waals surface area (Å²) in [6, 6.07) is 11.7. The van der Waals surface area contributed by atoms with Crippen molar-refractivity contribution in [3.05, 3.63) is 53.8 Å². The summed E-state index contributed by atoms with van der Waals surface area (Å²) in [5.41, 5.74) is 6.78.